The van der Waals surface area contributed by atoms with Crippen LogP contribution in [-0.2, 0) is 26.1 Å². The van der Waals surface area contributed by atoms with E-state index in [2.05, 4.69) is 10.0 Å². The molecule has 0 radical (unpaired) electrons. The second-order valence-electron chi connectivity index (χ2n) is 10.9. The van der Waals surface area contributed by atoms with E-state index in [9.17, 15) is 22.8 Å². The fourth-order valence-electron chi connectivity index (χ4n) is 6.20. The Hall–Kier alpha value is -2.96. The number of carbonyl (C=O) groups is 3. The smallest absolute Gasteiger partial charge is 0.348 e. The minimum absolute atomic E-state index is 0.151. The SMILES string of the molecule is CCOC(=O)c1ccc(CNC(=O)[C@@H]2c3ccccc3C(=O)N([C@H]3CCCCC3NS(C)(=O)=O)[C@H]2c2ccc(Cl)cc2Cl)s1. The largest absolute Gasteiger partial charge is 0.462 e. The summed E-state index contributed by atoms with van der Waals surface area (Å²) < 4.78 is 32.6. The molecule has 2 aromatic carbocycles. The third-order valence-corrected chi connectivity index (χ3v) is 10.3. The minimum Gasteiger partial charge on any atom is -0.462 e. The Kier molecular flexibility index (Phi) is 10.0. The molecule has 1 saturated carbocycles. The Bertz CT molecular complexity index is 1680. The lowest BCUT2D eigenvalue weighted by Gasteiger charge is -2.49. The Morgan fingerprint density at radius 3 is 2.52 bits per heavy atom. The van der Waals surface area contributed by atoms with Crippen LogP contribution in [0.15, 0.2) is 54.6 Å². The number of amides is 2. The van der Waals surface area contributed by atoms with Crippen LogP contribution in [0.3, 0.4) is 0 Å². The number of rotatable bonds is 9. The highest BCUT2D eigenvalue weighted by molar-refractivity contribution is 7.88. The first kappa shape index (κ1) is 32.4. The van der Waals surface area contributed by atoms with Crippen molar-refractivity contribution in [1.82, 2.24) is 14.9 Å². The summed E-state index contributed by atoms with van der Waals surface area (Å²) >= 11 is 14.3. The van der Waals surface area contributed by atoms with Gasteiger partial charge >= 0.3 is 5.97 Å². The summed E-state index contributed by atoms with van der Waals surface area (Å²) in [4.78, 5) is 43.6. The van der Waals surface area contributed by atoms with Crippen LogP contribution in [0.25, 0.3) is 0 Å². The number of carbonyl (C=O) groups excluding carboxylic acids is 3. The van der Waals surface area contributed by atoms with E-state index in [4.69, 9.17) is 27.9 Å². The van der Waals surface area contributed by atoms with E-state index in [1.54, 1.807) is 66.4 Å². The molecule has 1 fully saturated rings. The number of fused-ring (bicyclic) bond motifs is 1. The second-order valence-corrected chi connectivity index (χ2v) is 14.7. The molecule has 1 aliphatic carbocycles. The fraction of sp³-hybridized carbons (Fsp3) is 0.387. The van der Waals surface area contributed by atoms with Gasteiger partial charge in [-0.2, -0.15) is 0 Å². The average molecular weight is 679 g/mol. The second kappa shape index (κ2) is 13.6. The first-order valence-electron chi connectivity index (χ1n) is 14.4. The number of benzene rings is 2. The third kappa shape index (κ3) is 6.97. The van der Waals surface area contributed by atoms with Gasteiger partial charge in [0, 0.05) is 32.6 Å². The van der Waals surface area contributed by atoms with Gasteiger partial charge in [-0.15, -0.1) is 11.3 Å². The quantitative estimate of drug-likeness (QED) is 0.281. The first-order valence-corrected chi connectivity index (χ1v) is 17.8. The molecule has 13 heteroatoms. The van der Waals surface area contributed by atoms with Crippen molar-refractivity contribution in [3.63, 3.8) is 0 Å². The highest BCUT2D eigenvalue weighted by Crippen LogP contribution is 2.48. The van der Waals surface area contributed by atoms with Crippen molar-refractivity contribution in [2.45, 2.75) is 63.2 Å². The van der Waals surface area contributed by atoms with Crippen LogP contribution in [-0.4, -0.2) is 56.0 Å². The van der Waals surface area contributed by atoms with Crippen molar-refractivity contribution < 1.29 is 27.5 Å². The molecule has 2 amide bonds. The lowest BCUT2D eigenvalue weighted by atomic mass is 9.76. The van der Waals surface area contributed by atoms with Gasteiger partial charge in [0.05, 0.1) is 31.4 Å². The van der Waals surface area contributed by atoms with Crippen LogP contribution in [0.5, 0.6) is 0 Å². The van der Waals surface area contributed by atoms with Crippen LogP contribution in [0.1, 0.15) is 80.6 Å². The van der Waals surface area contributed by atoms with Crippen molar-refractivity contribution in [3.05, 3.63) is 91.1 Å². The number of nitrogens with zero attached hydrogens (tertiary/aromatic N) is 1. The highest BCUT2D eigenvalue weighted by atomic mass is 35.5. The van der Waals surface area contributed by atoms with E-state index in [0.29, 0.717) is 44.5 Å². The number of esters is 1. The third-order valence-electron chi connectivity index (χ3n) is 7.97. The highest BCUT2D eigenvalue weighted by Gasteiger charge is 2.49. The molecule has 9 nitrogen and oxygen atoms in total. The summed E-state index contributed by atoms with van der Waals surface area (Å²) in [5.41, 5.74) is 1.45. The van der Waals surface area contributed by atoms with E-state index >= 15 is 0 Å². The normalized spacial score (nSPS) is 21.9. The maximum atomic E-state index is 14.4. The van der Waals surface area contributed by atoms with E-state index in [-0.39, 0.29) is 25.0 Å². The van der Waals surface area contributed by atoms with Crippen LogP contribution < -0.4 is 10.0 Å². The lowest BCUT2D eigenvalue weighted by molar-refractivity contribution is -0.124. The van der Waals surface area contributed by atoms with Gasteiger partial charge in [0.25, 0.3) is 5.91 Å². The summed E-state index contributed by atoms with van der Waals surface area (Å²) in [6.07, 6.45) is 3.78. The molecular weight excluding hydrogens is 645 g/mol. The summed E-state index contributed by atoms with van der Waals surface area (Å²) in [7, 11) is -3.59. The number of halogens is 2. The molecule has 2 heterocycles. The molecule has 3 aromatic rings. The molecule has 2 N–H and O–H groups in total. The van der Waals surface area contributed by atoms with Gasteiger partial charge in [0.1, 0.15) is 4.88 Å². The maximum Gasteiger partial charge on any atom is 0.348 e. The molecule has 1 unspecified atom stereocenters. The number of thiophene rings is 1. The van der Waals surface area contributed by atoms with Crippen LogP contribution in [0.2, 0.25) is 10.0 Å². The number of hydrogen-bond acceptors (Lipinski definition) is 7. The van der Waals surface area contributed by atoms with Gasteiger partial charge in [-0.3, -0.25) is 9.59 Å². The average Bonchev–Trinajstić information content (AvgIpc) is 3.45. The number of sulfonamides is 1. The van der Waals surface area contributed by atoms with Gasteiger partial charge < -0.3 is 15.0 Å². The van der Waals surface area contributed by atoms with Crippen LogP contribution in [0, 0.1) is 0 Å². The summed E-state index contributed by atoms with van der Waals surface area (Å²) in [6, 6.07) is 13.4. The minimum atomic E-state index is -3.59. The molecule has 4 atom stereocenters. The van der Waals surface area contributed by atoms with E-state index < -0.39 is 40.0 Å². The number of nitrogens with one attached hydrogen (secondary N) is 2. The van der Waals surface area contributed by atoms with Crippen LogP contribution >= 0.6 is 34.5 Å². The van der Waals surface area contributed by atoms with Crippen molar-refractivity contribution in [3.8, 4) is 0 Å². The number of hydrogen-bond donors (Lipinski definition) is 2. The van der Waals surface area contributed by atoms with Gasteiger partial charge in [0.2, 0.25) is 15.9 Å². The van der Waals surface area contributed by atoms with Gasteiger partial charge in [-0.25, -0.2) is 17.9 Å². The number of ether oxygens (including phenoxy) is 1. The van der Waals surface area contributed by atoms with E-state index in [1.165, 1.54) is 11.3 Å². The van der Waals surface area contributed by atoms with Gasteiger partial charge in [-0.05, 0) is 61.2 Å². The standard InChI is InChI=1S/C31H33Cl2N3O6S2/c1-3-42-31(39)26-15-13-19(43-26)17-34-29(37)27-20-8-4-5-9-21(20)30(38)36(28(27)22-14-12-18(32)16-23(22)33)25-11-7-6-10-24(25)35-44(2,40)41/h4-5,8-9,12-16,24-25,27-28,35H,3,6-7,10-11,17H2,1-2H3,(H,34,37)/t24?,25-,27+,28-/m0/s1. The van der Waals surface area contributed by atoms with Crippen LogP contribution in [0.4, 0.5) is 0 Å². The molecule has 0 saturated heterocycles. The Labute approximate surface area is 270 Å². The van der Waals surface area contributed by atoms with Crippen molar-refractivity contribution in [1.29, 1.82) is 0 Å². The Morgan fingerprint density at radius 1 is 1.05 bits per heavy atom. The molecule has 234 valence electrons. The predicted octanol–water partition coefficient (Wildman–Crippen LogP) is 5.69. The lowest BCUT2D eigenvalue weighted by Crippen LogP contribution is -2.59. The van der Waals surface area contributed by atoms with Crippen molar-refractivity contribution in [2.24, 2.45) is 0 Å². The first-order chi connectivity index (χ1) is 21.0. The summed E-state index contributed by atoms with van der Waals surface area (Å²) in [6.45, 7) is 2.15. The zero-order valence-electron chi connectivity index (χ0n) is 24.2. The topological polar surface area (TPSA) is 122 Å². The van der Waals surface area contributed by atoms with Crippen molar-refractivity contribution in [2.75, 3.05) is 12.9 Å². The van der Waals surface area contributed by atoms with E-state index in [1.807, 2.05) is 0 Å². The fourth-order valence-corrected chi connectivity index (χ4v) is 8.38. The Morgan fingerprint density at radius 2 is 1.80 bits per heavy atom. The maximum absolute atomic E-state index is 14.4. The summed E-state index contributed by atoms with van der Waals surface area (Å²) in [5, 5.41) is 3.70. The molecule has 0 spiro atoms. The van der Waals surface area contributed by atoms with E-state index in [0.717, 1.165) is 24.0 Å². The van der Waals surface area contributed by atoms with Gasteiger partial charge in [-0.1, -0.05) is 60.3 Å². The monoisotopic (exact) mass is 677 g/mol. The van der Waals surface area contributed by atoms with Crippen molar-refractivity contribution >= 4 is 62.3 Å². The van der Waals surface area contributed by atoms with Gasteiger partial charge in [0.15, 0.2) is 0 Å². The molecule has 5 rings (SSSR count). The molecular formula is C31H33Cl2N3O6S2. The molecule has 0 bridgehead atoms. The molecule has 1 aliphatic heterocycles. The molecule has 1 aromatic heterocycles. The predicted molar refractivity (Wildman–Crippen MR) is 171 cm³/mol. The molecule has 2 aliphatic rings. The molecule has 44 heavy (non-hydrogen) atoms. The summed E-state index contributed by atoms with van der Waals surface area (Å²) in [5.74, 6) is -1.95. The zero-order chi connectivity index (χ0) is 31.6. The Balaban J connectivity index is 1.58. The zero-order valence-corrected chi connectivity index (χ0v) is 27.4.